The van der Waals surface area contributed by atoms with Crippen molar-refractivity contribution in [2.45, 2.75) is 6.92 Å². The van der Waals surface area contributed by atoms with Gasteiger partial charge in [0.1, 0.15) is 5.82 Å². The largest absolute Gasteiger partial charge is 1.00 e. The normalized spacial score (nSPS) is 8.93. The summed E-state index contributed by atoms with van der Waals surface area (Å²) in [6.45, 7) is 2.51. The van der Waals surface area contributed by atoms with Crippen molar-refractivity contribution in [3.63, 3.8) is 0 Å². The first-order valence-electron chi connectivity index (χ1n) is 4.19. The third kappa shape index (κ3) is 4.61. The van der Waals surface area contributed by atoms with Gasteiger partial charge in [-0.1, -0.05) is 10.4 Å². The predicted octanol–water partition coefficient (Wildman–Crippen LogP) is -1.25. The first-order chi connectivity index (χ1) is 6.65. The zero-order valence-corrected chi connectivity index (χ0v) is 12.7. The number of nitrogens with zero attached hydrogens (tertiary/aromatic N) is 2. The molecule has 6 heteroatoms. The summed E-state index contributed by atoms with van der Waals surface area (Å²) in [6.07, 6.45) is 0. The molecule has 1 heterocycles. The van der Waals surface area contributed by atoms with Crippen LogP contribution < -0.4 is 39.2 Å². The maximum Gasteiger partial charge on any atom is 1.00 e. The molecule has 0 atom stereocenters. The van der Waals surface area contributed by atoms with Gasteiger partial charge in [-0.05, 0) is 13.0 Å². The van der Waals surface area contributed by atoms with Gasteiger partial charge < -0.3 is 34.5 Å². The van der Waals surface area contributed by atoms with E-state index in [0.29, 0.717) is 22.6 Å². The third-order valence-corrected chi connectivity index (χ3v) is 2.17. The SMILES string of the molecule is CCOc1cccc(N(C)C(=S)[S-])n1.[Na+]. The van der Waals surface area contributed by atoms with Crippen LogP contribution in [-0.4, -0.2) is 23.0 Å². The van der Waals surface area contributed by atoms with E-state index in [-0.39, 0.29) is 29.6 Å². The fourth-order valence-corrected chi connectivity index (χ4v) is 1.10. The first kappa shape index (κ1) is 15.1. The first-order valence-corrected chi connectivity index (χ1v) is 5.01. The second-order valence-corrected chi connectivity index (χ2v) is 3.62. The van der Waals surface area contributed by atoms with E-state index >= 15 is 0 Å². The molecule has 0 radical (unpaired) electrons. The fraction of sp³-hybridized carbons (Fsp3) is 0.333. The number of hydrogen-bond acceptors (Lipinski definition) is 4. The van der Waals surface area contributed by atoms with Crippen molar-refractivity contribution >= 4 is 35.0 Å². The van der Waals surface area contributed by atoms with Gasteiger partial charge in [0.2, 0.25) is 5.88 Å². The molecular formula is C9H11N2NaOS2. The molecule has 0 aliphatic rings. The van der Waals surface area contributed by atoms with Gasteiger partial charge in [0.25, 0.3) is 0 Å². The molecule has 15 heavy (non-hydrogen) atoms. The van der Waals surface area contributed by atoms with Crippen LogP contribution in [0.3, 0.4) is 0 Å². The van der Waals surface area contributed by atoms with Crippen molar-refractivity contribution in [2.24, 2.45) is 0 Å². The Labute approximate surface area is 123 Å². The van der Waals surface area contributed by atoms with E-state index in [2.05, 4.69) is 4.98 Å². The molecule has 3 nitrogen and oxygen atoms in total. The number of rotatable bonds is 3. The molecule has 0 amide bonds. The van der Waals surface area contributed by atoms with Crippen LogP contribution in [0.5, 0.6) is 5.88 Å². The quantitative estimate of drug-likeness (QED) is 0.379. The topological polar surface area (TPSA) is 25.4 Å². The van der Waals surface area contributed by atoms with Gasteiger partial charge in [0.05, 0.1) is 6.61 Å². The summed E-state index contributed by atoms with van der Waals surface area (Å²) >= 11 is 9.74. The Morgan fingerprint density at radius 1 is 1.60 bits per heavy atom. The van der Waals surface area contributed by atoms with E-state index in [4.69, 9.17) is 29.6 Å². The van der Waals surface area contributed by atoms with E-state index < -0.39 is 0 Å². The van der Waals surface area contributed by atoms with E-state index in [0.717, 1.165) is 0 Å². The van der Waals surface area contributed by atoms with Crippen molar-refractivity contribution < 1.29 is 34.3 Å². The third-order valence-electron chi connectivity index (χ3n) is 1.62. The van der Waals surface area contributed by atoms with Crippen LogP contribution in [0.25, 0.3) is 0 Å². The molecule has 0 fully saturated rings. The molecule has 1 rings (SSSR count). The van der Waals surface area contributed by atoms with Gasteiger partial charge >= 0.3 is 29.6 Å². The van der Waals surface area contributed by atoms with E-state index in [9.17, 15) is 0 Å². The summed E-state index contributed by atoms with van der Waals surface area (Å²) in [5, 5.41) is 0. The van der Waals surface area contributed by atoms with Crippen LogP contribution in [0.4, 0.5) is 5.82 Å². The van der Waals surface area contributed by atoms with Gasteiger partial charge in [-0.25, -0.2) is 0 Å². The van der Waals surface area contributed by atoms with Crippen molar-refractivity contribution in [3.05, 3.63) is 18.2 Å². The van der Waals surface area contributed by atoms with Gasteiger partial charge in [-0.3, -0.25) is 0 Å². The van der Waals surface area contributed by atoms with E-state index in [1.54, 1.807) is 18.0 Å². The van der Waals surface area contributed by atoms with Crippen LogP contribution in [0.1, 0.15) is 6.92 Å². The minimum absolute atomic E-state index is 0. The second kappa shape index (κ2) is 7.35. The summed E-state index contributed by atoms with van der Waals surface area (Å²) in [7, 11) is 1.79. The number of anilines is 1. The Morgan fingerprint density at radius 2 is 2.27 bits per heavy atom. The molecule has 1 aromatic rings. The summed E-state index contributed by atoms with van der Waals surface area (Å²) in [5.41, 5.74) is 0. The molecule has 0 spiro atoms. The smallest absolute Gasteiger partial charge is 0.478 e. The van der Waals surface area contributed by atoms with Crippen LogP contribution in [-0.2, 0) is 12.6 Å². The van der Waals surface area contributed by atoms with Crippen LogP contribution >= 0.6 is 12.2 Å². The molecule has 0 aliphatic heterocycles. The van der Waals surface area contributed by atoms with Crippen molar-refractivity contribution in [2.75, 3.05) is 18.6 Å². The molecule has 0 saturated heterocycles. The van der Waals surface area contributed by atoms with Crippen LogP contribution in [0.2, 0.25) is 0 Å². The van der Waals surface area contributed by atoms with Crippen molar-refractivity contribution in [1.82, 2.24) is 4.98 Å². The zero-order chi connectivity index (χ0) is 10.6. The van der Waals surface area contributed by atoms with E-state index in [1.807, 2.05) is 19.1 Å². The predicted molar refractivity (Wildman–Crippen MR) is 63.8 cm³/mol. The van der Waals surface area contributed by atoms with Crippen LogP contribution in [0.15, 0.2) is 18.2 Å². The van der Waals surface area contributed by atoms with Crippen molar-refractivity contribution in [1.29, 1.82) is 0 Å². The Morgan fingerprint density at radius 3 is 2.80 bits per heavy atom. The molecule has 0 N–H and O–H groups in total. The minimum Gasteiger partial charge on any atom is -0.478 e. The van der Waals surface area contributed by atoms with Crippen LogP contribution in [0, 0.1) is 0 Å². The molecule has 1 aromatic heterocycles. The number of ether oxygens (including phenoxy) is 1. The summed E-state index contributed by atoms with van der Waals surface area (Å²) < 4.78 is 5.63. The molecule has 0 bridgehead atoms. The Hall–Kier alpha value is 0.0600. The molecule has 0 unspecified atom stereocenters. The Bertz CT molecular complexity index is 336. The molecule has 0 aromatic carbocycles. The summed E-state index contributed by atoms with van der Waals surface area (Å²) in [5.74, 6) is 1.29. The fourth-order valence-electron chi connectivity index (χ4n) is 0.913. The maximum atomic E-state index is 5.26. The monoisotopic (exact) mass is 250 g/mol. The minimum atomic E-state index is 0. The average Bonchev–Trinajstić information content (AvgIpc) is 2.17. The molecule has 0 aliphatic carbocycles. The van der Waals surface area contributed by atoms with Gasteiger partial charge in [-0.2, -0.15) is 4.98 Å². The van der Waals surface area contributed by atoms with Crippen molar-refractivity contribution in [3.8, 4) is 5.88 Å². The average molecular weight is 250 g/mol. The molecular weight excluding hydrogens is 239 g/mol. The van der Waals surface area contributed by atoms with Gasteiger partial charge in [-0.15, -0.1) is 0 Å². The van der Waals surface area contributed by atoms with Gasteiger partial charge in [0.15, 0.2) is 0 Å². The number of aromatic nitrogens is 1. The zero-order valence-electron chi connectivity index (χ0n) is 9.06. The maximum absolute atomic E-state index is 5.26. The second-order valence-electron chi connectivity index (χ2n) is 2.59. The molecule has 0 saturated carbocycles. The number of pyridine rings is 1. The van der Waals surface area contributed by atoms with Gasteiger partial charge in [0, 0.05) is 13.1 Å². The molecule has 76 valence electrons. The Kier molecular flexibility index (Phi) is 7.38. The number of hydrogen-bond donors (Lipinski definition) is 0. The van der Waals surface area contributed by atoms with E-state index in [1.165, 1.54) is 0 Å². The number of thiocarbonyl (C=S) groups is 1. The summed E-state index contributed by atoms with van der Waals surface area (Å²) in [6, 6.07) is 5.49. The summed E-state index contributed by atoms with van der Waals surface area (Å²) in [4.78, 5) is 5.89. The Balaban J connectivity index is 0.00000196. The standard InChI is InChI=1S/C9H12N2OS2.Na/c1-3-12-8-6-4-5-7(10-8)11(2)9(13)14;/h4-6H,3H2,1-2H3,(H,13,14);/q;+1/p-1.